The molecular weight excluding hydrogens is 349 g/mol. The maximum atomic E-state index is 14.3. The van der Waals surface area contributed by atoms with Gasteiger partial charge in [-0.3, -0.25) is 4.79 Å². The molecule has 1 saturated heterocycles. The lowest BCUT2D eigenvalue weighted by atomic mass is 10.1. The summed E-state index contributed by atoms with van der Waals surface area (Å²) in [6.45, 7) is 2.08. The lowest BCUT2D eigenvalue weighted by Crippen LogP contribution is -2.29. The number of benzene rings is 1. The molecule has 0 aliphatic carbocycles. The van der Waals surface area contributed by atoms with Crippen LogP contribution in [-0.2, 0) is 6.54 Å². The van der Waals surface area contributed by atoms with Crippen LogP contribution in [0.2, 0.25) is 0 Å². The fourth-order valence-corrected chi connectivity index (χ4v) is 3.17. The van der Waals surface area contributed by atoms with Crippen molar-refractivity contribution in [3.8, 4) is 5.69 Å². The highest BCUT2D eigenvalue weighted by Gasteiger charge is 2.18. The summed E-state index contributed by atoms with van der Waals surface area (Å²) >= 11 is 0. The fourth-order valence-electron chi connectivity index (χ4n) is 3.17. The van der Waals surface area contributed by atoms with Crippen molar-refractivity contribution in [1.29, 1.82) is 0 Å². The van der Waals surface area contributed by atoms with Gasteiger partial charge in [0.2, 0.25) is 0 Å². The van der Waals surface area contributed by atoms with Crippen molar-refractivity contribution in [2.75, 3.05) is 13.1 Å². The summed E-state index contributed by atoms with van der Waals surface area (Å²) in [6.07, 6.45) is 8.40. The first-order valence-corrected chi connectivity index (χ1v) is 8.88. The summed E-state index contributed by atoms with van der Waals surface area (Å²) in [4.78, 5) is 16.2. The Morgan fingerprint density at radius 1 is 1.33 bits per heavy atom. The van der Waals surface area contributed by atoms with E-state index in [4.69, 9.17) is 0 Å². The average molecular weight is 369 g/mol. The number of aromatic nitrogens is 5. The second kappa shape index (κ2) is 7.67. The Bertz CT molecular complexity index is 916. The first-order chi connectivity index (χ1) is 13.2. The molecule has 0 saturated carbocycles. The number of hydrogen-bond donors (Lipinski definition) is 2. The Morgan fingerprint density at radius 3 is 2.93 bits per heavy atom. The van der Waals surface area contributed by atoms with E-state index in [1.165, 1.54) is 12.4 Å². The fraction of sp³-hybridized carbons (Fsp3) is 0.333. The zero-order chi connectivity index (χ0) is 18.6. The van der Waals surface area contributed by atoms with Gasteiger partial charge in [0, 0.05) is 18.9 Å². The summed E-state index contributed by atoms with van der Waals surface area (Å²) in [5.41, 5.74) is 1.34. The third kappa shape index (κ3) is 3.87. The van der Waals surface area contributed by atoms with Crippen LogP contribution in [0, 0.1) is 5.82 Å². The number of piperidine rings is 1. The van der Waals surface area contributed by atoms with E-state index in [0.29, 0.717) is 11.3 Å². The largest absolute Gasteiger partial charge is 0.347 e. The Morgan fingerprint density at radius 2 is 2.19 bits per heavy atom. The molecule has 0 spiro atoms. The molecule has 2 aromatic heterocycles. The van der Waals surface area contributed by atoms with Gasteiger partial charge in [0.15, 0.2) is 5.69 Å². The molecule has 4 rings (SSSR count). The molecule has 0 radical (unpaired) electrons. The molecule has 1 aliphatic rings. The quantitative estimate of drug-likeness (QED) is 0.711. The van der Waals surface area contributed by atoms with E-state index in [0.717, 1.165) is 25.9 Å². The molecule has 3 aromatic rings. The highest BCUT2D eigenvalue weighted by atomic mass is 19.1. The highest BCUT2D eigenvalue weighted by molar-refractivity contribution is 5.91. The van der Waals surface area contributed by atoms with Gasteiger partial charge < -0.3 is 15.2 Å². The van der Waals surface area contributed by atoms with E-state index in [1.54, 1.807) is 40.0 Å². The van der Waals surface area contributed by atoms with Gasteiger partial charge in [0.1, 0.15) is 5.82 Å². The van der Waals surface area contributed by atoms with Gasteiger partial charge in [-0.25, -0.2) is 14.1 Å². The number of amides is 1. The number of nitrogens with zero attached hydrogens (tertiary/aromatic N) is 5. The maximum absolute atomic E-state index is 14.3. The molecule has 3 heterocycles. The Labute approximate surface area is 155 Å². The zero-order valence-electron chi connectivity index (χ0n) is 14.7. The summed E-state index contributed by atoms with van der Waals surface area (Å²) in [5, 5.41) is 14.1. The monoisotopic (exact) mass is 369 g/mol. The molecule has 1 amide bonds. The van der Waals surface area contributed by atoms with Crippen molar-refractivity contribution >= 4 is 5.91 Å². The van der Waals surface area contributed by atoms with Gasteiger partial charge in [-0.15, -0.1) is 5.10 Å². The molecule has 1 aliphatic heterocycles. The highest BCUT2D eigenvalue weighted by Crippen LogP contribution is 2.17. The Hall–Kier alpha value is -3.07. The van der Waals surface area contributed by atoms with Gasteiger partial charge >= 0.3 is 0 Å². The molecule has 1 fully saturated rings. The first kappa shape index (κ1) is 17.3. The number of halogens is 1. The van der Waals surface area contributed by atoms with E-state index >= 15 is 0 Å². The van der Waals surface area contributed by atoms with Crippen molar-refractivity contribution in [1.82, 2.24) is 35.2 Å². The van der Waals surface area contributed by atoms with Crippen molar-refractivity contribution in [2.45, 2.75) is 25.4 Å². The number of imidazole rings is 1. The third-order valence-corrected chi connectivity index (χ3v) is 4.67. The number of carbonyl (C=O) groups excluding carboxylic acids is 1. The predicted molar refractivity (Wildman–Crippen MR) is 95.9 cm³/mol. The SMILES string of the molecule is O=C(NCc1ccc(-n2ccnc2)c(F)c1)c1cn(C2CCNCC2)nn1. The van der Waals surface area contributed by atoms with Crippen LogP contribution in [0.5, 0.6) is 0 Å². The smallest absolute Gasteiger partial charge is 0.273 e. The van der Waals surface area contributed by atoms with Crippen molar-refractivity contribution < 1.29 is 9.18 Å². The predicted octanol–water partition coefficient (Wildman–Crippen LogP) is 1.46. The summed E-state index contributed by atoms with van der Waals surface area (Å²) in [6, 6.07) is 5.10. The molecule has 2 N–H and O–H groups in total. The van der Waals surface area contributed by atoms with Gasteiger partial charge in [-0.05, 0) is 43.6 Å². The molecule has 27 heavy (non-hydrogen) atoms. The van der Waals surface area contributed by atoms with Gasteiger partial charge in [-0.1, -0.05) is 11.3 Å². The number of rotatable bonds is 5. The van der Waals surface area contributed by atoms with Crippen LogP contribution in [0.3, 0.4) is 0 Å². The van der Waals surface area contributed by atoms with E-state index < -0.39 is 0 Å². The average Bonchev–Trinajstić information content (AvgIpc) is 3.39. The van der Waals surface area contributed by atoms with Crippen LogP contribution in [0.25, 0.3) is 5.69 Å². The van der Waals surface area contributed by atoms with Crippen LogP contribution >= 0.6 is 0 Å². The second-order valence-electron chi connectivity index (χ2n) is 6.50. The van der Waals surface area contributed by atoms with Crippen LogP contribution in [0.4, 0.5) is 4.39 Å². The molecule has 0 atom stereocenters. The number of hydrogen-bond acceptors (Lipinski definition) is 5. The van der Waals surface area contributed by atoms with Crippen molar-refractivity contribution in [3.05, 3.63) is 60.2 Å². The van der Waals surface area contributed by atoms with Crippen molar-refractivity contribution in [2.24, 2.45) is 0 Å². The van der Waals surface area contributed by atoms with Crippen LogP contribution in [-0.4, -0.2) is 43.5 Å². The van der Waals surface area contributed by atoms with Crippen LogP contribution in [0.1, 0.15) is 34.9 Å². The lowest BCUT2D eigenvalue weighted by molar-refractivity contribution is 0.0945. The second-order valence-corrected chi connectivity index (χ2v) is 6.50. The third-order valence-electron chi connectivity index (χ3n) is 4.67. The van der Waals surface area contributed by atoms with E-state index in [9.17, 15) is 9.18 Å². The topological polar surface area (TPSA) is 89.7 Å². The minimum atomic E-state index is -0.378. The zero-order valence-corrected chi connectivity index (χ0v) is 14.7. The van der Waals surface area contributed by atoms with Gasteiger partial charge in [0.25, 0.3) is 5.91 Å². The van der Waals surface area contributed by atoms with E-state index in [-0.39, 0.29) is 30.0 Å². The van der Waals surface area contributed by atoms with Crippen molar-refractivity contribution in [3.63, 3.8) is 0 Å². The van der Waals surface area contributed by atoms with Gasteiger partial charge in [-0.2, -0.15) is 0 Å². The molecule has 1 aromatic carbocycles. The number of carbonyl (C=O) groups is 1. The summed E-state index contributed by atoms with van der Waals surface area (Å²) < 4.78 is 17.6. The standard InChI is InChI=1S/C18H20FN7O/c19-15-9-13(1-2-17(15)25-8-7-21-12-25)10-22-18(27)16-11-26(24-23-16)14-3-5-20-6-4-14/h1-2,7-9,11-12,14,20H,3-6,10H2,(H,22,27). The molecule has 0 unspecified atom stereocenters. The molecule has 8 nitrogen and oxygen atoms in total. The number of nitrogens with one attached hydrogen (secondary N) is 2. The van der Waals surface area contributed by atoms with Crippen LogP contribution < -0.4 is 10.6 Å². The molecule has 140 valence electrons. The minimum absolute atomic E-state index is 0.209. The minimum Gasteiger partial charge on any atom is -0.347 e. The lowest BCUT2D eigenvalue weighted by Gasteiger charge is -2.22. The molecule has 9 heteroatoms. The molecular formula is C18H20FN7O. The van der Waals surface area contributed by atoms with Gasteiger partial charge in [0.05, 0.1) is 24.3 Å². The Balaban J connectivity index is 1.38. The maximum Gasteiger partial charge on any atom is 0.273 e. The normalized spacial score (nSPS) is 15.0. The molecule has 0 bridgehead atoms. The summed E-state index contributed by atoms with van der Waals surface area (Å²) in [7, 11) is 0. The van der Waals surface area contributed by atoms with Crippen LogP contribution in [0.15, 0.2) is 43.1 Å². The Kier molecular flexibility index (Phi) is 4.93. The van der Waals surface area contributed by atoms with E-state index in [2.05, 4.69) is 25.9 Å². The summed E-state index contributed by atoms with van der Waals surface area (Å²) in [5.74, 6) is -0.703. The van der Waals surface area contributed by atoms with E-state index in [1.807, 2.05) is 0 Å². The first-order valence-electron chi connectivity index (χ1n) is 8.88.